The maximum absolute atomic E-state index is 15.2. The quantitative estimate of drug-likeness (QED) is 0.379. The molecule has 0 aliphatic carbocycles. The molecule has 0 fully saturated rings. The molecule has 9 nitrogen and oxygen atoms in total. The number of rotatable bonds is 9. The second kappa shape index (κ2) is 8.55. The summed E-state index contributed by atoms with van der Waals surface area (Å²) in [7, 11) is 3.88. The summed E-state index contributed by atoms with van der Waals surface area (Å²) in [6.45, 7) is 4.81. The first-order chi connectivity index (χ1) is 15.2. The largest absolute Gasteiger partial charge is 0.493 e. The van der Waals surface area contributed by atoms with E-state index in [1.165, 1.54) is 10.8 Å². The highest BCUT2D eigenvalue weighted by Gasteiger charge is 2.41. The molecule has 170 valence electrons. The summed E-state index contributed by atoms with van der Waals surface area (Å²) < 4.78 is 37.2. The van der Waals surface area contributed by atoms with Crippen molar-refractivity contribution in [2.24, 2.45) is 10.2 Å². The van der Waals surface area contributed by atoms with E-state index in [0.717, 1.165) is 25.1 Å². The highest BCUT2D eigenvalue weighted by Crippen LogP contribution is 2.40. The maximum atomic E-state index is 15.2. The zero-order valence-corrected chi connectivity index (χ0v) is 18.9. The molecule has 1 atom stereocenters. The number of aromatic nitrogens is 4. The van der Waals surface area contributed by atoms with Crippen LogP contribution in [0, 0.1) is 11.6 Å². The van der Waals surface area contributed by atoms with Crippen LogP contribution in [0.4, 0.5) is 14.6 Å². The van der Waals surface area contributed by atoms with Gasteiger partial charge in [0.1, 0.15) is 34.7 Å². The Kier molecular flexibility index (Phi) is 5.95. The molecule has 0 saturated carbocycles. The second-order valence-electron chi connectivity index (χ2n) is 8.03. The summed E-state index contributed by atoms with van der Waals surface area (Å²) in [6, 6.07) is 1.96. The number of benzene rings is 1. The van der Waals surface area contributed by atoms with Gasteiger partial charge in [0.15, 0.2) is 0 Å². The Labute approximate surface area is 188 Å². The molecule has 1 aliphatic heterocycles. The SMILES string of the molecule is CC(Nc1c(-c2c(F)cc(OCCCN(C)C)cc2F)c(Cl)nc2ncnn12)C1(C)N=N1. The molecular formula is C20H23ClF2N8O. The van der Waals surface area contributed by atoms with E-state index in [9.17, 15) is 0 Å². The van der Waals surface area contributed by atoms with Crippen molar-refractivity contribution in [2.45, 2.75) is 32.0 Å². The van der Waals surface area contributed by atoms with Gasteiger partial charge in [-0.3, -0.25) is 0 Å². The van der Waals surface area contributed by atoms with Gasteiger partial charge in [0.2, 0.25) is 5.66 Å². The lowest BCUT2D eigenvalue weighted by atomic mass is 10.0. The van der Waals surface area contributed by atoms with Gasteiger partial charge in [-0.05, 0) is 34.4 Å². The minimum atomic E-state index is -0.835. The average molecular weight is 465 g/mol. The van der Waals surface area contributed by atoms with E-state index in [-0.39, 0.29) is 39.7 Å². The first-order valence-electron chi connectivity index (χ1n) is 10.1. The molecule has 3 aromatic rings. The van der Waals surface area contributed by atoms with Crippen molar-refractivity contribution < 1.29 is 13.5 Å². The van der Waals surface area contributed by atoms with Gasteiger partial charge in [0.05, 0.1) is 23.8 Å². The Balaban J connectivity index is 1.72. The van der Waals surface area contributed by atoms with E-state index in [0.29, 0.717) is 6.61 Å². The minimum Gasteiger partial charge on any atom is -0.493 e. The van der Waals surface area contributed by atoms with Gasteiger partial charge in [0.25, 0.3) is 5.78 Å². The van der Waals surface area contributed by atoms with E-state index in [4.69, 9.17) is 16.3 Å². The summed E-state index contributed by atoms with van der Waals surface area (Å²) in [6.07, 6.45) is 2.00. The van der Waals surface area contributed by atoms with Crippen LogP contribution in [0.25, 0.3) is 16.9 Å². The number of fused-ring (bicyclic) bond motifs is 1. The van der Waals surface area contributed by atoms with Crippen LogP contribution in [0.5, 0.6) is 5.75 Å². The van der Waals surface area contributed by atoms with Crippen LogP contribution in [0.15, 0.2) is 28.7 Å². The molecule has 1 aliphatic rings. The summed E-state index contributed by atoms with van der Waals surface area (Å²) in [5.74, 6) is -1.15. The van der Waals surface area contributed by atoms with Crippen molar-refractivity contribution in [1.29, 1.82) is 0 Å². The Morgan fingerprint density at radius 2 is 1.91 bits per heavy atom. The third-order valence-electron chi connectivity index (χ3n) is 5.26. The lowest BCUT2D eigenvalue weighted by Crippen LogP contribution is -2.32. The van der Waals surface area contributed by atoms with Gasteiger partial charge in [0, 0.05) is 18.7 Å². The van der Waals surface area contributed by atoms with Crippen molar-refractivity contribution >= 4 is 23.2 Å². The van der Waals surface area contributed by atoms with Gasteiger partial charge >= 0.3 is 0 Å². The molecule has 0 saturated heterocycles. The number of hydrogen-bond acceptors (Lipinski definition) is 8. The normalized spacial score (nSPS) is 15.4. The lowest BCUT2D eigenvalue weighted by Gasteiger charge is -2.21. The first-order valence-corrected chi connectivity index (χ1v) is 10.4. The van der Waals surface area contributed by atoms with Gasteiger partial charge in [-0.1, -0.05) is 11.6 Å². The van der Waals surface area contributed by atoms with Crippen LogP contribution in [-0.2, 0) is 0 Å². The molecule has 1 N–H and O–H groups in total. The summed E-state index contributed by atoms with van der Waals surface area (Å²) >= 11 is 6.38. The number of anilines is 1. The van der Waals surface area contributed by atoms with Crippen LogP contribution in [-0.4, -0.2) is 63.4 Å². The molecule has 2 aromatic heterocycles. The minimum absolute atomic E-state index is 0.0231. The molecule has 0 spiro atoms. The Bertz CT molecular complexity index is 1150. The molecule has 3 heterocycles. The number of nitrogens with zero attached hydrogens (tertiary/aromatic N) is 7. The Morgan fingerprint density at radius 3 is 2.53 bits per heavy atom. The van der Waals surface area contributed by atoms with Crippen molar-refractivity contribution in [3.8, 4) is 16.9 Å². The standard InChI is InChI=1S/C20H23ClF2N8O/c1-11(20(2)28-29-20)26-18-16(17(21)27-19-24-10-25-31(18)19)15-13(22)8-12(9-14(15)23)32-7-5-6-30(3)4/h8-11,26H,5-7H2,1-4H3. The average Bonchev–Trinajstić information content (AvgIpc) is 3.30. The van der Waals surface area contributed by atoms with Crippen LogP contribution < -0.4 is 10.1 Å². The molecule has 1 unspecified atom stereocenters. The molecule has 0 radical (unpaired) electrons. The Hall–Kier alpha value is -2.92. The van der Waals surface area contributed by atoms with E-state index in [1.54, 1.807) is 0 Å². The third kappa shape index (κ3) is 4.35. The molecule has 4 rings (SSSR count). The highest BCUT2D eigenvalue weighted by molar-refractivity contribution is 6.33. The number of nitrogens with one attached hydrogen (secondary N) is 1. The molecule has 12 heteroatoms. The Morgan fingerprint density at radius 1 is 1.22 bits per heavy atom. The lowest BCUT2D eigenvalue weighted by molar-refractivity contribution is 0.279. The number of hydrogen-bond donors (Lipinski definition) is 1. The van der Waals surface area contributed by atoms with Crippen LogP contribution >= 0.6 is 11.6 Å². The van der Waals surface area contributed by atoms with Gasteiger partial charge in [-0.2, -0.15) is 29.8 Å². The smallest absolute Gasteiger partial charge is 0.255 e. The predicted molar refractivity (Wildman–Crippen MR) is 116 cm³/mol. The number of ether oxygens (including phenoxy) is 1. The third-order valence-corrected chi connectivity index (χ3v) is 5.53. The fourth-order valence-electron chi connectivity index (χ4n) is 3.21. The monoisotopic (exact) mass is 464 g/mol. The van der Waals surface area contributed by atoms with Crippen molar-refractivity contribution in [1.82, 2.24) is 24.5 Å². The molecule has 32 heavy (non-hydrogen) atoms. The molecule has 1 aromatic carbocycles. The molecule has 0 bridgehead atoms. The number of halogens is 3. The first kappa shape index (κ1) is 22.3. The fraction of sp³-hybridized carbons (Fsp3) is 0.450. The van der Waals surface area contributed by atoms with Crippen LogP contribution in [0.2, 0.25) is 5.15 Å². The van der Waals surface area contributed by atoms with Crippen molar-refractivity contribution in [2.75, 3.05) is 32.6 Å². The molecule has 0 amide bonds. The van der Waals surface area contributed by atoms with Gasteiger partial charge in [-0.25, -0.2) is 8.78 Å². The molecular weight excluding hydrogens is 442 g/mol. The van der Waals surface area contributed by atoms with E-state index in [2.05, 4.69) is 30.6 Å². The maximum Gasteiger partial charge on any atom is 0.255 e. The van der Waals surface area contributed by atoms with E-state index < -0.39 is 17.3 Å². The zero-order valence-electron chi connectivity index (χ0n) is 18.1. The summed E-state index contributed by atoms with van der Waals surface area (Å²) in [5.41, 5.74) is -0.971. The summed E-state index contributed by atoms with van der Waals surface area (Å²) in [4.78, 5) is 10.2. The predicted octanol–water partition coefficient (Wildman–Crippen LogP) is 4.04. The van der Waals surface area contributed by atoms with Gasteiger partial charge in [-0.15, -0.1) is 0 Å². The highest BCUT2D eigenvalue weighted by atomic mass is 35.5. The van der Waals surface area contributed by atoms with E-state index in [1.807, 2.05) is 32.8 Å². The van der Waals surface area contributed by atoms with Crippen LogP contribution in [0.1, 0.15) is 20.3 Å². The second-order valence-corrected chi connectivity index (χ2v) is 8.38. The zero-order chi connectivity index (χ0) is 23.0. The van der Waals surface area contributed by atoms with Crippen LogP contribution in [0.3, 0.4) is 0 Å². The van der Waals surface area contributed by atoms with Crippen molar-refractivity contribution in [3.05, 3.63) is 35.2 Å². The summed E-state index contributed by atoms with van der Waals surface area (Å²) in [5, 5.41) is 15.2. The van der Waals surface area contributed by atoms with Gasteiger partial charge < -0.3 is 15.0 Å². The van der Waals surface area contributed by atoms with E-state index >= 15 is 8.78 Å². The topological polar surface area (TPSA) is 92.3 Å². The van der Waals surface area contributed by atoms with Crippen molar-refractivity contribution in [3.63, 3.8) is 0 Å². The fourth-order valence-corrected chi connectivity index (χ4v) is 3.47.